The fourth-order valence-electron chi connectivity index (χ4n) is 0.101. The Balaban J connectivity index is 3.32. The normalized spacial score (nSPS) is 8.14. The van der Waals surface area contributed by atoms with Crippen LogP contribution in [0.4, 0.5) is 0 Å². The number of hydrogen-bond donors (Lipinski definition) is 0. The molecule has 0 radical (unpaired) electrons. The number of nitro groups is 1. The van der Waals surface area contributed by atoms with Crippen molar-refractivity contribution in [1.82, 2.24) is 0 Å². The summed E-state index contributed by atoms with van der Waals surface area (Å²) in [6.07, 6.45) is 0. The molecule has 0 rings (SSSR count). The molecule has 0 bridgehead atoms. The number of hydrogen-bond acceptors (Lipinski definition) is 3. The minimum Gasteiger partial charge on any atom is -0.279 e. The van der Waals surface area contributed by atoms with Gasteiger partial charge in [0, 0.05) is 4.92 Å². The van der Waals surface area contributed by atoms with Crippen molar-refractivity contribution >= 4 is 20.6 Å². The van der Waals surface area contributed by atoms with Gasteiger partial charge in [-0.05, 0) is 15.9 Å². The van der Waals surface area contributed by atoms with E-state index in [0.717, 1.165) is 0 Å². The summed E-state index contributed by atoms with van der Waals surface area (Å²) in [6, 6.07) is 0. The van der Waals surface area contributed by atoms with Crippen LogP contribution in [-0.2, 0) is 4.79 Å². The first-order chi connectivity index (χ1) is 3.13. The molecule has 0 saturated heterocycles. The molecule has 0 unspecified atom stereocenters. The SMILES string of the molecule is O=C(Br)C[N+](=O)[O-]. The summed E-state index contributed by atoms with van der Waals surface area (Å²) in [6.45, 7) is -0.639. The lowest BCUT2D eigenvalue weighted by Crippen LogP contribution is -2.06. The van der Waals surface area contributed by atoms with Crippen LogP contribution in [0.5, 0.6) is 0 Å². The van der Waals surface area contributed by atoms with Crippen molar-refractivity contribution < 1.29 is 9.72 Å². The highest BCUT2D eigenvalue weighted by Crippen LogP contribution is 1.81. The highest BCUT2D eigenvalue weighted by molar-refractivity contribution is 9.18. The fraction of sp³-hybridized carbons (Fsp3) is 0.500. The van der Waals surface area contributed by atoms with Gasteiger partial charge in [-0.2, -0.15) is 0 Å². The van der Waals surface area contributed by atoms with Gasteiger partial charge < -0.3 is 0 Å². The average Bonchev–Trinajstić information content (AvgIpc) is 1.27. The van der Waals surface area contributed by atoms with Gasteiger partial charge in [-0.25, -0.2) is 0 Å². The maximum atomic E-state index is 9.73. The quantitative estimate of drug-likeness (QED) is 0.335. The maximum Gasteiger partial charge on any atom is 0.271 e. The molecule has 0 N–H and O–H groups in total. The number of nitrogens with zero attached hydrogens (tertiary/aromatic N) is 1. The van der Waals surface area contributed by atoms with Gasteiger partial charge in [-0.15, -0.1) is 0 Å². The second-order valence-electron chi connectivity index (χ2n) is 0.846. The van der Waals surface area contributed by atoms with Crippen LogP contribution < -0.4 is 0 Å². The van der Waals surface area contributed by atoms with Crippen molar-refractivity contribution in [2.24, 2.45) is 0 Å². The van der Waals surface area contributed by atoms with E-state index in [9.17, 15) is 14.9 Å². The largest absolute Gasteiger partial charge is 0.279 e. The molecule has 0 aliphatic carbocycles. The van der Waals surface area contributed by atoms with Crippen LogP contribution in [0, 0.1) is 10.1 Å². The third-order valence-corrected chi connectivity index (χ3v) is 0.504. The predicted octanol–water partition coefficient (Wildman–Crippen LogP) is 0.185. The van der Waals surface area contributed by atoms with Crippen LogP contribution in [0.3, 0.4) is 0 Å². The Hall–Kier alpha value is -0.450. The number of carbonyl (C=O) groups is 1. The van der Waals surface area contributed by atoms with E-state index in [4.69, 9.17) is 0 Å². The Morgan fingerprint density at radius 1 is 1.86 bits per heavy atom. The molecule has 0 aliphatic heterocycles. The first-order valence-corrected chi connectivity index (χ1v) is 2.22. The van der Waals surface area contributed by atoms with Crippen molar-refractivity contribution in [3.8, 4) is 0 Å². The van der Waals surface area contributed by atoms with Crippen molar-refractivity contribution in [1.29, 1.82) is 0 Å². The molecule has 0 atom stereocenters. The van der Waals surface area contributed by atoms with E-state index >= 15 is 0 Å². The summed E-state index contributed by atoms with van der Waals surface area (Å²) in [5.74, 6) is 0. The van der Waals surface area contributed by atoms with Crippen molar-refractivity contribution in [3.63, 3.8) is 0 Å². The lowest BCUT2D eigenvalue weighted by Gasteiger charge is -1.79. The molecule has 40 valence electrons. The molecule has 0 heterocycles. The highest BCUT2D eigenvalue weighted by atomic mass is 79.9. The van der Waals surface area contributed by atoms with Gasteiger partial charge in [0.05, 0.1) is 0 Å². The highest BCUT2D eigenvalue weighted by Gasteiger charge is 2.01. The van der Waals surface area contributed by atoms with Crippen molar-refractivity contribution in [3.05, 3.63) is 10.1 Å². The van der Waals surface area contributed by atoms with Crippen LogP contribution >= 0.6 is 15.9 Å². The molecule has 5 heteroatoms. The predicted molar refractivity (Wildman–Crippen MR) is 25.8 cm³/mol. The minimum atomic E-state index is -0.697. The Bertz CT molecular complexity index is 89.1. The molecule has 0 amide bonds. The van der Waals surface area contributed by atoms with Crippen LogP contribution in [-0.4, -0.2) is 16.2 Å². The van der Waals surface area contributed by atoms with Gasteiger partial charge in [-0.1, -0.05) is 0 Å². The Kier molecular flexibility index (Phi) is 2.51. The monoisotopic (exact) mass is 167 g/mol. The van der Waals surface area contributed by atoms with Gasteiger partial charge >= 0.3 is 0 Å². The van der Waals surface area contributed by atoms with Gasteiger partial charge in [-0.3, -0.25) is 14.9 Å². The van der Waals surface area contributed by atoms with E-state index in [-0.39, 0.29) is 0 Å². The van der Waals surface area contributed by atoms with Crippen molar-refractivity contribution in [2.75, 3.05) is 6.54 Å². The second kappa shape index (κ2) is 2.68. The molecule has 0 saturated carbocycles. The van der Waals surface area contributed by atoms with Gasteiger partial charge in [0.1, 0.15) is 0 Å². The number of carbonyl (C=O) groups excluding carboxylic acids is 1. The van der Waals surface area contributed by atoms with Gasteiger partial charge in [0.15, 0.2) is 0 Å². The summed E-state index contributed by atoms with van der Waals surface area (Å²) in [5, 5.41) is 9.36. The topological polar surface area (TPSA) is 60.2 Å². The zero-order chi connectivity index (χ0) is 5.86. The molecule has 0 aliphatic rings. The summed E-state index contributed by atoms with van der Waals surface area (Å²) in [7, 11) is 0. The molecule has 0 spiro atoms. The van der Waals surface area contributed by atoms with E-state index in [1.807, 2.05) is 0 Å². The molecule has 0 fully saturated rings. The van der Waals surface area contributed by atoms with E-state index in [1.165, 1.54) is 0 Å². The first kappa shape index (κ1) is 6.55. The molecule has 4 nitrogen and oxygen atoms in total. The Morgan fingerprint density at radius 3 is 2.29 bits per heavy atom. The zero-order valence-electron chi connectivity index (χ0n) is 3.26. The van der Waals surface area contributed by atoms with Crippen LogP contribution in [0.1, 0.15) is 0 Å². The molecular weight excluding hydrogens is 166 g/mol. The summed E-state index contributed by atoms with van der Waals surface area (Å²) in [4.78, 5) is 18.4. The Morgan fingerprint density at radius 2 is 2.29 bits per heavy atom. The average molecular weight is 168 g/mol. The summed E-state index contributed by atoms with van der Waals surface area (Å²) < 4.78 is -0.600. The minimum absolute atomic E-state index is 0.600. The van der Waals surface area contributed by atoms with E-state index in [2.05, 4.69) is 15.9 Å². The van der Waals surface area contributed by atoms with Gasteiger partial charge in [0.25, 0.3) is 11.2 Å². The summed E-state index contributed by atoms with van der Waals surface area (Å²) in [5.41, 5.74) is 0. The van der Waals surface area contributed by atoms with Crippen molar-refractivity contribution in [2.45, 2.75) is 0 Å². The standard InChI is InChI=1S/C2H2BrNO3/c3-2(5)1-4(6)7/h1H2. The van der Waals surface area contributed by atoms with Gasteiger partial charge in [0.2, 0.25) is 0 Å². The third-order valence-electron chi connectivity index (χ3n) is 0.253. The molecule has 0 aromatic rings. The number of rotatable bonds is 2. The maximum absolute atomic E-state index is 9.73. The first-order valence-electron chi connectivity index (χ1n) is 1.43. The molecule has 7 heavy (non-hydrogen) atoms. The zero-order valence-corrected chi connectivity index (χ0v) is 4.84. The van der Waals surface area contributed by atoms with E-state index in [1.54, 1.807) is 0 Å². The summed E-state index contributed by atoms with van der Waals surface area (Å²) >= 11 is 2.39. The lowest BCUT2D eigenvalue weighted by atomic mass is 10.8. The van der Waals surface area contributed by atoms with E-state index in [0.29, 0.717) is 0 Å². The van der Waals surface area contributed by atoms with Crippen LogP contribution in [0.25, 0.3) is 0 Å². The van der Waals surface area contributed by atoms with Crippen LogP contribution in [0.2, 0.25) is 0 Å². The smallest absolute Gasteiger partial charge is 0.271 e. The second-order valence-corrected chi connectivity index (χ2v) is 1.73. The Labute approximate surface area is 47.8 Å². The molecular formula is C2H2BrNO3. The lowest BCUT2D eigenvalue weighted by molar-refractivity contribution is -0.466. The third kappa shape index (κ3) is 5.55. The molecule has 0 aromatic heterocycles. The van der Waals surface area contributed by atoms with E-state index < -0.39 is 16.2 Å². The number of halogens is 1. The fourth-order valence-corrected chi connectivity index (χ4v) is 0.306. The van der Waals surface area contributed by atoms with Crippen LogP contribution in [0.15, 0.2) is 0 Å². The molecule has 0 aromatic carbocycles.